The Kier molecular flexibility index (Phi) is 4.71. The van der Waals surface area contributed by atoms with Gasteiger partial charge in [-0.05, 0) is 42.3 Å². The van der Waals surface area contributed by atoms with Gasteiger partial charge < -0.3 is 9.88 Å². The van der Waals surface area contributed by atoms with E-state index in [1.807, 2.05) is 17.1 Å². The Bertz CT molecular complexity index is 703. The summed E-state index contributed by atoms with van der Waals surface area (Å²) in [5.74, 6) is 0. The Morgan fingerprint density at radius 1 is 1.09 bits per heavy atom. The predicted octanol–water partition coefficient (Wildman–Crippen LogP) is 4.49. The molecule has 3 nitrogen and oxygen atoms in total. The lowest BCUT2D eigenvalue weighted by atomic mass is 10.1. The van der Waals surface area contributed by atoms with Crippen molar-refractivity contribution < 1.29 is 0 Å². The van der Waals surface area contributed by atoms with Crippen LogP contribution in [0.15, 0.2) is 71.7 Å². The minimum Gasteiger partial charge on any atom is -0.306 e. The molecule has 0 fully saturated rings. The van der Waals surface area contributed by atoms with E-state index in [0.29, 0.717) is 6.04 Å². The van der Waals surface area contributed by atoms with Crippen molar-refractivity contribution in [2.24, 2.45) is 0 Å². The summed E-state index contributed by atoms with van der Waals surface area (Å²) in [5, 5.41) is 3.55. The maximum Gasteiger partial charge on any atom is 0.0991 e. The van der Waals surface area contributed by atoms with Crippen molar-refractivity contribution in [3.05, 3.63) is 82.9 Å². The Balaban J connectivity index is 1.60. The number of imidazole rings is 1. The molecule has 0 spiro atoms. The summed E-state index contributed by atoms with van der Waals surface area (Å²) in [6, 6.07) is 17.3. The molecule has 0 bridgehead atoms. The van der Waals surface area contributed by atoms with Crippen molar-refractivity contribution >= 4 is 15.9 Å². The van der Waals surface area contributed by atoms with E-state index in [9.17, 15) is 0 Å². The largest absolute Gasteiger partial charge is 0.306 e. The fraction of sp³-hybridized carbons (Fsp3) is 0.167. The van der Waals surface area contributed by atoms with Crippen LogP contribution in [0.1, 0.15) is 24.1 Å². The lowest BCUT2D eigenvalue weighted by Crippen LogP contribution is -2.17. The molecule has 1 N–H and O–H groups in total. The Labute approximate surface area is 139 Å². The van der Waals surface area contributed by atoms with Crippen molar-refractivity contribution in [3.8, 4) is 5.69 Å². The summed E-state index contributed by atoms with van der Waals surface area (Å²) in [5.41, 5.74) is 3.69. The van der Waals surface area contributed by atoms with Gasteiger partial charge in [0.05, 0.1) is 6.33 Å². The first-order valence-electron chi connectivity index (χ1n) is 7.28. The maximum atomic E-state index is 4.07. The van der Waals surface area contributed by atoms with Gasteiger partial charge >= 0.3 is 0 Å². The summed E-state index contributed by atoms with van der Waals surface area (Å²) in [6.07, 6.45) is 5.54. The molecular weight excluding hydrogens is 338 g/mol. The Morgan fingerprint density at radius 2 is 1.82 bits per heavy atom. The Hall–Kier alpha value is -1.91. The number of hydrogen-bond acceptors (Lipinski definition) is 2. The van der Waals surface area contributed by atoms with Crippen molar-refractivity contribution in [2.75, 3.05) is 0 Å². The summed E-state index contributed by atoms with van der Waals surface area (Å²) < 4.78 is 3.11. The van der Waals surface area contributed by atoms with Crippen LogP contribution in [0.25, 0.3) is 5.69 Å². The number of rotatable bonds is 5. The van der Waals surface area contributed by atoms with Crippen molar-refractivity contribution in [3.63, 3.8) is 0 Å². The molecule has 3 rings (SSSR count). The van der Waals surface area contributed by atoms with E-state index in [2.05, 4.69) is 81.7 Å². The highest BCUT2D eigenvalue weighted by Crippen LogP contribution is 2.17. The van der Waals surface area contributed by atoms with Gasteiger partial charge in [-0.25, -0.2) is 4.98 Å². The topological polar surface area (TPSA) is 29.9 Å². The van der Waals surface area contributed by atoms with Crippen LogP contribution < -0.4 is 5.32 Å². The van der Waals surface area contributed by atoms with Gasteiger partial charge in [-0.2, -0.15) is 0 Å². The molecule has 0 amide bonds. The normalized spacial score (nSPS) is 12.3. The molecule has 4 heteroatoms. The molecule has 1 heterocycles. The molecule has 0 aliphatic heterocycles. The molecule has 112 valence electrons. The second-order valence-corrected chi connectivity index (χ2v) is 6.21. The minimum atomic E-state index is 0.321. The van der Waals surface area contributed by atoms with Gasteiger partial charge in [-0.15, -0.1) is 0 Å². The zero-order valence-corrected chi connectivity index (χ0v) is 14.0. The van der Waals surface area contributed by atoms with Crippen LogP contribution in [0.3, 0.4) is 0 Å². The molecule has 0 saturated carbocycles. The zero-order chi connectivity index (χ0) is 15.4. The van der Waals surface area contributed by atoms with Crippen LogP contribution in [0, 0.1) is 0 Å². The number of halogens is 1. The maximum absolute atomic E-state index is 4.07. The highest BCUT2D eigenvalue weighted by molar-refractivity contribution is 9.10. The highest BCUT2D eigenvalue weighted by Gasteiger charge is 2.04. The van der Waals surface area contributed by atoms with E-state index < -0.39 is 0 Å². The highest BCUT2D eigenvalue weighted by atomic mass is 79.9. The third kappa shape index (κ3) is 3.64. The molecule has 1 atom stereocenters. The standard InChI is InChI=1S/C18H18BrN3/c1-14(16-4-6-17(19)7-5-16)21-12-15-2-8-18(9-3-15)22-11-10-20-13-22/h2-11,13-14,21H,12H2,1H3/t14-/m1/s1. The fourth-order valence-electron chi connectivity index (χ4n) is 2.34. The van der Waals surface area contributed by atoms with Crippen LogP contribution >= 0.6 is 15.9 Å². The first-order chi connectivity index (χ1) is 10.7. The van der Waals surface area contributed by atoms with Crippen molar-refractivity contribution in [1.29, 1.82) is 0 Å². The average Bonchev–Trinajstić information content (AvgIpc) is 3.08. The third-order valence-corrected chi connectivity index (χ3v) is 4.25. The van der Waals surface area contributed by atoms with Crippen LogP contribution in [0.2, 0.25) is 0 Å². The lowest BCUT2D eigenvalue weighted by molar-refractivity contribution is 0.574. The molecule has 2 aromatic carbocycles. The molecule has 0 aliphatic rings. The number of nitrogens with one attached hydrogen (secondary N) is 1. The quantitative estimate of drug-likeness (QED) is 0.730. The van der Waals surface area contributed by atoms with E-state index in [4.69, 9.17) is 0 Å². The van der Waals surface area contributed by atoms with Crippen molar-refractivity contribution in [2.45, 2.75) is 19.5 Å². The van der Waals surface area contributed by atoms with E-state index in [0.717, 1.165) is 16.7 Å². The first-order valence-corrected chi connectivity index (χ1v) is 8.08. The van der Waals surface area contributed by atoms with Gasteiger partial charge in [0.25, 0.3) is 0 Å². The second kappa shape index (κ2) is 6.90. The Morgan fingerprint density at radius 3 is 2.45 bits per heavy atom. The molecule has 0 unspecified atom stereocenters. The zero-order valence-electron chi connectivity index (χ0n) is 12.4. The smallest absolute Gasteiger partial charge is 0.0991 e. The number of hydrogen-bond donors (Lipinski definition) is 1. The number of nitrogens with zero attached hydrogens (tertiary/aromatic N) is 2. The summed E-state index contributed by atoms with van der Waals surface area (Å²) >= 11 is 3.47. The molecule has 22 heavy (non-hydrogen) atoms. The molecule has 0 saturated heterocycles. The van der Waals surface area contributed by atoms with Crippen LogP contribution in [-0.2, 0) is 6.54 Å². The monoisotopic (exact) mass is 355 g/mol. The average molecular weight is 356 g/mol. The molecule has 0 aliphatic carbocycles. The summed E-state index contributed by atoms with van der Waals surface area (Å²) in [7, 11) is 0. The van der Waals surface area contributed by atoms with Crippen LogP contribution in [-0.4, -0.2) is 9.55 Å². The third-order valence-electron chi connectivity index (χ3n) is 3.72. The van der Waals surface area contributed by atoms with E-state index in [1.54, 1.807) is 6.20 Å². The molecule has 3 aromatic rings. The van der Waals surface area contributed by atoms with Gasteiger partial charge in [0, 0.05) is 35.1 Å². The fourth-order valence-corrected chi connectivity index (χ4v) is 2.60. The van der Waals surface area contributed by atoms with Gasteiger partial charge in [-0.1, -0.05) is 40.2 Å². The van der Waals surface area contributed by atoms with Crippen LogP contribution in [0.5, 0.6) is 0 Å². The van der Waals surface area contributed by atoms with Gasteiger partial charge in [0.15, 0.2) is 0 Å². The second-order valence-electron chi connectivity index (χ2n) is 5.29. The molecular formula is C18H18BrN3. The van der Waals surface area contributed by atoms with E-state index >= 15 is 0 Å². The summed E-state index contributed by atoms with van der Waals surface area (Å²) in [6.45, 7) is 3.03. The first kappa shape index (κ1) is 15.0. The number of benzene rings is 2. The van der Waals surface area contributed by atoms with E-state index in [-0.39, 0.29) is 0 Å². The van der Waals surface area contributed by atoms with Gasteiger partial charge in [-0.3, -0.25) is 0 Å². The molecule has 1 aromatic heterocycles. The van der Waals surface area contributed by atoms with Crippen LogP contribution in [0.4, 0.5) is 0 Å². The van der Waals surface area contributed by atoms with E-state index in [1.165, 1.54) is 11.1 Å². The minimum absolute atomic E-state index is 0.321. The summed E-state index contributed by atoms with van der Waals surface area (Å²) in [4.78, 5) is 4.07. The van der Waals surface area contributed by atoms with Gasteiger partial charge in [0.1, 0.15) is 0 Å². The SMILES string of the molecule is C[C@@H](NCc1ccc(-n2ccnc2)cc1)c1ccc(Br)cc1. The lowest BCUT2D eigenvalue weighted by Gasteiger charge is -2.14. The molecule has 0 radical (unpaired) electrons. The van der Waals surface area contributed by atoms with Crippen molar-refractivity contribution in [1.82, 2.24) is 14.9 Å². The number of aromatic nitrogens is 2. The predicted molar refractivity (Wildman–Crippen MR) is 93.0 cm³/mol. The van der Waals surface area contributed by atoms with Gasteiger partial charge in [0.2, 0.25) is 0 Å².